The quantitative estimate of drug-likeness (QED) is 0.696. The number of aromatic hydroxyl groups is 1. The molecule has 0 aliphatic carbocycles. The van der Waals surface area contributed by atoms with Gasteiger partial charge in [-0.15, -0.1) is 0 Å². The average Bonchev–Trinajstić information content (AvgIpc) is 2.62. The highest BCUT2D eigenvalue weighted by atomic mass is 16.7. The molecule has 0 aromatic heterocycles. The van der Waals surface area contributed by atoms with Gasteiger partial charge in [0.1, 0.15) is 5.75 Å². The second kappa shape index (κ2) is 3.90. The van der Waals surface area contributed by atoms with E-state index in [1.165, 1.54) is 12.1 Å². The Kier molecular flexibility index (Phi) is 2.57. The van der Waals surface area contributed by atoms with Crippen molar-refractivity contribution in [3.8, 4) is 17.2 Å². The van der Waals surface area contributed by atoms with E-state index < -0.39 is 12.0 Å². The van der Waals surface area contributed by atoms with Crippen LogP contribution in [0.1, 0.15) is 18.0 Å². The molecule has 1 aliphatic heterocycles. The molecule has 0 saturated carbocycles. The van der Waals surface area contributed by atoms with Crippen LogP contribution in [0.15, 0.2) is 12.1 Å². The van der Waals surface area contributed by atoms with E-state index in [2.05, 4.69) is 0 Å². The number of ether oxygens (including phenoxy) is 2. The number of nitrogens with two attached hydrogens (primary N) is 1. The van der Waals surface area contributed by atoms with Gasteiger partial charge in [0.2, 0.25) is 6.79 Å². The molecule has 1 aromatic carbocycles. The van der Waals surface area contributed by atoms with E-state index in [1.54, 1.807) is 0 Å². The summed E-state index contributed by atoms with van der Waals surface area (Å²) in [6.45, 7) is 0.0472. The number of hydrogen-bond acceptors (Lipinski definition) is 5. The van der Waals surface area contributed by atoms with Gasteiger partial charge in [-0.25, -0.2) is 0 Å². The summed E-state index contributed by atoms with van der Waals surface area (Å²) in [6.07, 6.45) is -0.237. The molecular formula is C10H11NO5. The fraction of sp³-hybridized carbons (Fsp3) is 0.300. The van der Waals surface area contributed by atoms with Crippen LogP contribution in [-0.4, -0.2) is 23.0 Å². The van der Waals surface area contributed by atoms with Crippen LogP contribution in [0.2, 0.25) is 0 Å². The summed E-state index contributed by atoms with van der Waals surface area (Å²) < 4.78 is 10.3. The number of hydrogen-bond donors (Lipinski definition) is 3. The molecule has 0 bridgehead atoms. The Hall–Kier alpha value is -1.95. The fourth-order valence-electron chi connectivity index (χ4n) is 1.60. The SMILES string of the molecule is NC(CC(=O)O)c1cc(O)cc2c1OCO2. The van der Waals surface area contributed by atoms with Gasteiger partial charge in [0, 0.05) is 17.7 Å². The van der Waals surface area contributed by atoms with E-state index in [0.717, 1.165) is 0 Å². The van der Waals surface area contributed by atoms with Gasteiger partial charge in [-0.2, -0.15) is 0 Å². The van der Waals surface area contributed by atoms with Gasteiger partial charge in [0.25, 0.3) is 0 Å². The summed E-state index contributed by atoms with van der Waals surface area (Å²) >= 11 is 0. The molecule has 6 nitrogen and oxygen atoms in total. The molecule has 16 heavy (non-hydrogen) atoms. The summed E-state index contributed by atoms with van der Waals surface area (Å²) in [7, 11) is 0. The second-order valence-corrected chi connectivity index (χ2v) is 3.47. The van der Waals surface area contributed by atoms with Crippen LogP contribution >= 0.6 is 0 Å². The van der Waals surface area contributed by atoms with E-state index in [0.29, 0.717) is 17.1 Å². The van der Waals surface area contributed by atoms with Crippen LogP contribution in [0.5, 0.6) is 17.2 Å². The summed E-state index contributed by atoms with van der Waals surface area (Å²) in [5, 5.41) is 18.1. The minimum atomic E-state index is -1.01. The topological polar surface area (TPSA) is 102 Å². The number of fused-ring (bicyclic) bond motifs is 1. The molecule has 6 heteroatoms. The minimum Gasteiger partial charge on any atom is -0.508 e. The first-order valence-electron chi connectivity index (χ1n) is 4.68. The van der Waals surface area contributed by atoms with Crippen LogP contribution < -0.4 is 15.2 Å². The van der Waals surface area contributed by atoms with E-state index in [-0.39, 0.29) is 19.0 Å². The van der Waals surface area contributed by atoms with Crippen LogP contribution in [-0.2, 0) is 4.79 Å². The van der Waals surface area contributed by atoms with Gasteiger partial charge in [-0.3, -0.25) is 4.79 Å². The van der Waals surface area contributed by atoms with Crippen molar-refractivity contribution in [1.82, 2.24) is 0 Å². The number of phenolic OH excluding ortho intramolecular Hbond substituents is 1. The second-order valence-electron chi connectivity index (χ2n) is 3.47. The van der Waals surface area contributed by atoms with Crippen molar-refractivity contribution in [3.63, 3.8) is 0 Å². The van der Waals surface area contributed by atoms with Crippen LogP contribution in [0.25, 0.3) is 0 Å². The zero-order chi connectivity index (χ0) is 11.7. The Labute approximate surface area is 91.2 Å². The Morgan fingerprint density at radius 1 is 1.50 bits per heavy atom. The van der Waals surface area contributed by atoms with Gasteiger partial charge in [-0.1, -0.05) is 0 Å². The largest absolute Gasteiger partial charge is 0.508 e. The Balaban J connectivity index is 2.36. The molecule has 1 aromatic rings. The molecule has 1 heterocycles. The van der Waals surface area contributed by atoms with Crippen molar-refractivity contribution in [2.24, 2.45) is 5.73 Å². The molecular weight excluding hydrogens is 214 g/mol. The predicted molar refractivity (Wildman–Crippen MR) is 53.4 cm³/mol. The molecule has 0 radical (unpaired) electrons. The number of benzene rings is 1. The summed E-state index contributed by atoms with van der Waals surface area (Å²) in [5.74, 6) is -0.244. The number of rotatable bonds is 3. The lowest BCUT2D eigenvalue weighted by Crippen LogP contribution is -2.15. The Morgan fingerprint density at radius 2 is 2.25 bits per heavy atom. The average molecular weight is 225 g/mol. The maximum Gasteiger partial charge on any atom is 0.305 e. The number of carboxylic acid groups (broad SMARTS) is 1. The Morgan fingerprint density at radius 3 is 2.94 bits per heavy atom. The lowest BCUT2D eigenvalue weighted by molar-refractivity contribution is -0.137. The highest BCUT2D eigenvalue weighted by molar-refractivity contribution is 5.68. The molecule has 0 fully saturated rings. The third kappa shape index (κ3) is 1.87. The monoisotopic (exact) mass is 225 g/mol. The van der Waals surface area contributed by atoms with Crippen molar-refractivity contribution in [2.75, 3.05) is 6.79 Å². The number of carboxylic acids is 1. The van der Waals surface area contributed by atoms with Crippen molar-refractivity contribution in [3.05, 3.63) is 17.7 Å². The lowest BCUT2D eigenvalue weighted by Gasteiger charge is -2.12. The Bertz CT molecular complexity index is 431. The molecule has 86 valence electrons. The lowest BCUT2D eigenvalue weighted by atomic mass is 10.0. The number of carbonyl (C=O) groups is 1. The number of phenols is 1. The third-order valence-corrected chi connectivity index (χ3v) is 2.28. The molecule has 1 aliphatic rings. The van der Waals surface area contributed by atoms with Crippen molar-refractivity contribution >= 4 is 5.97 Å². The predicted octanol–water partition coefficient (Wildman–Crippen LogP) is 0.595. The molecule has 1 unspecified atom stereocenters. The van der Waals surface area contributed by atoms with Crippen molar-refractivity contribution in [1.29, 1.82) is 0 Å². The van der Waals surface area contributed by atoms with Gasteiger partial charge in [0.05, 0.1) is 6.42 Å². The maximum absolute atomic E-state index is 10.6. The zero-order valence-corrected chi connectivity index (χ0v) is 8.34. The van der Waals surface area contributed by atoms with Gasteiger partial charge < -0.3 is 25.4 Å². The molecule has 2 rings (SSSR count). The molecule has 4 N–H and O–H groups in total. The molecule has 0 amide bonds. The molecule has 0 saturated heterocycles. The minimum absolute atomic E-state index is 0.0277. The van der Waals surface area contributed by atoms with Crippen molar-refractivity contribution in [2.45, 2.75) is 12.5 Å². The standard InChI is InChI=1S/C10H11NO5/c11-7(3-9(13)14)6-1-5(12)2-8-10(6)16-4-15-8/h1-2,7,12H,3-4,11H2,(H,13,14). The van der Waals surface area contributed by atoms with E-state index in [4.69, 9.17) is 20.3 Å². The first-order chi connectivity index (χ1) is 7.58. The fourth-order valence-corrected chi connectivity index (χ4v) is 1.60. The van der Waals surface area contributed by atoms with Crippen LogP contribution in [0.4, 0.5) is 0 Å². The first-order valence-corrected chi connectivity index (χ1v) is 4.68. The maximum atomic E-state index is 10.6. The summed E-state index contributed by atoms with van der Waals surface area (Å²) in [6, 6.07) is 2.06. The zero-order valence-electron chi connectivity index (χ0n) is 8.34. The normalized spacial score (nSPS) is 14.8. The summed E-state index contributed by atoms with van der Waals surface area (Å²) in [5.41, 5.74) is 6.15. The highest BCUT2D eigenvalue weighted by Gasteiger charge is 2.24. The van der Waals surface area contributed by atoms with Gasteiger partial charge in [-0.05, 0) is 6.07 Å². The molecule has 1 atom stereocenters. The van der Waals surface area contributed by atoms with Crippen LogP contribution in [0, 0.1) is 0 Å². The van der Waals surface area contributed by atoms with Crippen molar-refractivity contribution < 1.29 is 24.5 Å². The number of aliphatic carboxylic acids is 1. The van der Waals surface area contributed by atoms with E-state index >= 15 is 0 Å². The third-order valence-electron chi connectivity index (χ3n) is 2.28. The smallest absolute Gasteiger partial charge is 0.305 e. The van der Waals surface area contributed by atoms with E-state index in [9.17, 15) is 9.90 Å². The summed E-state index contributed by atoms with van der Waals surface area (Å²) in [4.78, 5) is 10.6. The van der Waals surface area contributed by atoms with Crippen LogP contribution in [0.3, 0.4) is 0 Å². The first kappa shape index (κ1) is 10.6. The molecule has 0 spiro atoms. The highest BCUT2D eigenvalue weighted by Crippen LogP contribution is 2.41. The van der Waals surface area contributed by atoms with E-state index in [1.807, 2.05) is 0 Å². The van der Waals surface area contributed by atoms with Gasteiger partial charge in [0.15, 0.2) is 11.5 Å². The van der Waals surface area contributed by atoms with Gasteiger partial charge >= 0.3 is 5.97 Å².